The lowest BCUT2D eigenvalue weighted by Gasteiger charge is -2.28. The summed E-state index contributed by atoms with van der Waals surface area (Å²) in [5.74, 6) is 0.0798. The van der Waals surface area contributed by atoms with Crippen LogP contribution in [0.2, 0.25) is 0 Å². The summed E-state index contributed by atoms with van der Waals surface area (Å²) in [6.45, 7) is 8.41. The maximum atomic E-state index is 11.3. The van der Waals surface area contributed by atoms with E-state index in [2.05, 4.69) is 36.0 Å². The Labute approximate surface area is 102 Å². The molecule has 4 heteroatoms. The minimum Gasteiger partial charge on any atom is -0.359 e. The maximum absolute atomic E-state index is 11.3. The lowest BCUT2D eigenvalue weighted by Crippen LogP contribution is -2.47. The van der Waals surface area contributed by atoms with Gasteiger partial charge >= 0.3 is 0 Å². The second kappa shape index (κ2) is 4.35. The number of hydrogen-bond acceptors (Lipinski definition) is 3. The molecule has 1 amide bonds. The van der Waals surface area contributed by atoms with Gasteiger partial charge in [-0.15, -0.1) is 0 Å². The molecule has 0 saturated carbocycles. The number of anilines is 1. The van der Waals surface area contributed by atoms with Crippen molar-refractivity contribution < 1.29 is 4.79 Å². The van der Waals surface area contributed by atoms with Crippen molar-refractivity contribution in [1.29, 1.82) is 0 Å². The van der Waals surface area contributed by atoms with E-state index in [1.165, 1.54) is 0 Å². The van der Waals surface area contributed by atoms with Crippen LogP contribution in [0.4, 0.5) is 5.69 Å². The average Bonchev–Trinajstić information content (AvgIpc) is 2.28. The van der Waals surface area contributed by atoms with Gasteiger partial charge in [0.05, 0.1) is 18.4 Å². The van der Waals surface area contributed by atoms with Crippen molar-refractivity contribution in [3.05, 3.63) is 24.0 Å². The summed E-state index contributed by atoms with van der Waals surface area (Å²) in [5.41, 5.74) is 2.16. The van der Waals surface area contributed by atoms with E-state index in [0.29, 0.717) is 13.1 Å². The van der Waals surface area contributed by atoms with Gasteiger partial charge in [-0.3, -0.25) is 9.78 Å². The van der Waals surface area contributed by atoms with Gasteiger partial charge < -0.3 is 10.2 Å². The molecule has 17 heavy (non-hydrogen) atoms. The predicted molar refractivity (Wildman–Crippen MR) is 68.2 cm³/mol. The molecule has 0 spiro atoms. The van der Waals surface area contributed by atoms with Crippen LogP contribution in [-0.2, 0) is 10.2 Å². The molecule has 0 aliphatic carbocycles. The molecule has 0 unspecified atom stereocenters. The Morgan fingerprint density at radius 3 is 2.65 bits per heavy atom. The van der Waals surface area contributed by atoms with Crippen LogP contribution in [0.15, 0.2) is 18.3 Å². The smallest absolute Gasteiger partial charge is 0.239 e. The summed E-state index contributed by atoms with van der Waals surface area (Å²) < 4.78 is 0. The van der Waals surface area contributed by atoms with E-state index < -0.39 is 0 Å². The van der Waals surface area contributed by atoms with Crippen molar-refractivity contribution in [3.8, 4) is 0 Å². The summed E-state index contributed by atoms with van der Waals surface area (Å²) in [5, 5.41) is 2.82. The van der Waals surface area contributed by atoms with Gasteiger partial charge in [-0.2, -0.15) is 0 Å². The number of nitrogens with one attached hydrogen (secondary N) is 1. The fourth-order valence-electron chi connectivity index (χ4n) is 1.88. The molecule has 1 aliphatic heterocycles. The summed E-state index contributed by atoms with van der Waals surface area (Å²) in [6, 6.07) is 4.09. The van der Waals surface area contributed by atoms with Crippen molar-refractivity contribution >= 4 is 11.6 Å². The van der Waals surface area contributed by atoms with Gasteiger partial charge in [-0.25, -0.2) is 0 Å². The second-order valence-corrected chi connectivity index (χ2v) is 5.42. The molecule has 1 fully saturated rings. The first-order chi connectivity index (χ1) is 7.97. The molecular formula is C13H19N3O. The van der Waals surface area contributed by atoms with Crippen LogP contribution in [0.25, 0.3) is 0 Å². The Bertz CT molecular complexity index is 406. The molecule has 1 aromatic heterocycles. The lowest BCUT2D eigenvalue weighted by atomic mass is 9.92. The van der Waals surface area contributed by atoms with Crippen molar-refractivity contribution in [3.63, 3.8) is 0 Å². The number of carbonyl (C=O) groups excluding carboxylic acids is 1. The van der Waals surface area contributed by atoms with Crippen LogP contribution in [0.3, 0.4) is 0 Å². The minimum atomic E-state index is 0.0673. The third kappa shape index (κ3) is 2.75. The zero-order valence-electron chi connectivity index (χ0n) is 10.7. The zero-order valence-corrected chi connectivity index (χ0v) is 10.7. The van der Waals surface area contributed by atoms with Crippen LogP contribution in [-0.4, -0.2) is 30.5 Å². The van der Waals surface area contributed by atoms with Gasteiger partial charge in [0.1, 0.15) is 0 Å². The first-order valence-electron chi connectivity index (χ1n) is 5.95. The van der Waals surface area contributed by atoms with Gasteiger partial charge in [0.15, 0.2) is 0 Å². The third-order valence-electron chi connectivity index (χ3n) is 2.92. The standard InChI is InChI=1S/C13H19N3O/c1-13(2,3)11-5-4-10(8-15-11)16-7-6-14-12(17)9-16/h4-5,8H,6-7,9H2,1-3H3,(H,14,17). The molecule has 0 radical (unpaired) electrons. The predicted octanol–water partition coefficient (Wildman–Crippen LogP) is 1.32. The summed E-state index contributed by atoms with van der Waals surface area (Å²) >= 11 is 0. The lowest BCUT2D eigenvalue weighted by molar-refractivity contribution is -0.120. The van der Waals surface area contributed by atoms with Crippen molar-refractivity contribution in [2.45, 2.75) is 26.2 Å². The molecule has 2 rings (SSSR count). The molecule has 1 aromatic rings. The topological polar surface area (TPSA) is 45.2 Å². The maximum Gasteiger partial charge on any atom is 0.239 e. The van der Waals surface area contributed by atoms with E-state index in [9.17, 15) is 4.79 Å². The number of rotatable bonds is 1. The van der Waals surface area contributed by atoms with Gasteiger partial charge in [-0.1, -0.05) is 20.8 Å². The van der Waals surface area contributed by atoms with Crippen LogP contribution in [0.5, 0.6) is 0 Å². The van der Waals surface area contributed by atoms with E-state index in [1.54, 1.807) is 0 Å². The Kier molecular flexibility index (Phi) is 3.05. The van der Waals surface area contributed by atoms with Gasteiger partial charge in [-0.05, 0) is 12.1 Å². The quantitative estimate of drug-likeness (QED) is 0.795. The van der Waals surface area contributed by atoms with E-state index in [0.717, 1.165) is 17.9 Å². The molecule has 0 aromatic carbocycles. The number of amides is 1. The highest BCUT2D eigenvalue weighted by Crippen LogP contribution is 2.22. The third-order valence-corrected chi connectivity index (χ3v) is 2.92. The van der Waals surface area contributed by atoms with Crippen molar-refractivity contribution in [2.24, 2.45) is 0 Å². The molecule has 92 valence electrons. The molecule has 1 saturated heterocycles. The Balaban J connectivity index is 2.15. The highest BCUT2D eigenvalue weighted by molar-refractivity contribution is 5.82. The highest BCUT2D eigenvalue weighted by atomic mass is 16.2. The van der Waals surface area contributed by atoms with Crippen molar-refractivity contribution in [2.75, 3.05) is 24.5 Å². The molecule has 1 N–H and O–H groups in total. The van der Waals surface area contributed by atoms with E-state index >= 15 is 0 Å². The van der Waals surface area contributed by atoms with Crippen LogP contribution >= 0.6 is 0 Å². The van der Waals surface area contributed by atoms with Crippen LogP contribution in [0.1, 0.15) is 26.5 Å². The number of piperazine rings is 1. The number of nitrogens with zero attached hydrogens (tertiary/aromatic N) is 2. The first kappa shape index (κ1) is 11.9. The molecule has 1 aliphatic rings. The number of carbonyl (C=O) groups is 1. The van der Waals surface area contributed by atoms with Crippen molar-refractivity contribution in [1.82, 2.24) is 10.3 Å². The van der Waals surface area contributed by atoms with Gasteiger partial charge in [0, 0.05) is 24.2 Å². The van der Waals surface area contributed by atoms with Gasteiger partial charge in [0.2, 0.25) is 5.91 Å². The highest BCUT2D eigenvalue weighted by Gasteiger charge is 2.18. The number of pyridine rings is 1. The largest absolute Gasteiger partial charge is 0.359 e. The van der Waals surface area contributed by atoms with Crippen LogP contribution in [0, 0.1) is 0 Å². The Morgan fingerprint density at radius 1 is 1.35 bits per heavy atom. The monoisotopic (exact) mass is 233 g/mol. The molecule has 4 nitrogen and oxygen atoms in total. The molecule has 2 heterocycles. The molecule has 0 atom stereocenters. The summed E-state index contributed by atoms with van der Waals surface area (Å²) in [7, 11) is 0. The second-order valence-electron chi connectivity index (χ2n) is 5.42. The number of hydrogen-bond donors (Lipinski definition) is 1. The SMILES string of the molecule is CC(C)(C)c1ccc(N2CCNC(=O)C2)cn1. The van der Waals surface area contributed by atoms with E-state index in [1.807, 2.05) is 18.3 Å². The van der Waals surface area contributed by atoms with Gasteiger partial charge in [0.25, 0.3) is 0 Å². The minimum absolute atomic E-state index is 0.0673. The first-order valence-corrected chi connectivity index (χ1v) is 5.95. The average molecular weight is 233 g/mol. The summed E-state index contributed by atoms with van der Waals surface area (Å²) in [6.07, 6.45) is 1.86. The van der Waals surface area contributed by atoms with Crippen LogP contribution < -0.4 is 10.2 Å². The fourth-order valence-corrected chi connectivity index (χ4v) is 1.88. The Hall–Kier alpha value is -1.58. The normalized spacial score (nSPS) is 16.9. The summed E-state index contributed by atoms with van der Waals surface area (Å²) in [4.78, 5) is 17.8. The van der Waals surface area contributed by atoms with E-state index in [-0.39, 0.29) is 11.3 Å². The number of aromatic nitrogens is 1. The van der Waals surface area contributed by atoms with E-state index in [4.69, 9.17) is 0 Å². The fraction of sp³-hybridized carbons (Fsp3) is 0.538. The zero-order chi connectivity index (χ0) is 12.5. The molecular weight excluding hydrogens is 214 g/mol. The Morgan fingerprint density at radius 2 is 2.12 bits per heavy atom. The molecule has 0 bridgehead atoms.